The topological polar surface area (TPSA) is 64.7 Å². The molecule has 0 saturated heterocycles. The predicted molar refractivity (Wildman–Crippen MR) is 159 cm³/mol. The van der Waals surface area contributed by atoms with Gasteiger partial charge in [-0.3, -0.25) is 4.98 Å². The zero-order valence-electron chi connectivity index (χ0n) is 22.1. The van der Waals surface area contributed by atoms with Crippen LogP contribution in [0.5, 0.6) is 0 Å². The van der Waals surface area contributed by atoms with E-state index in [1.165, 1.54) is 22.3 Å². The Bertz CT molecular complexity index is 2020. The largest absolute Gasteiger partial charge is 0.456 e. The Labute approximate surface area is 231 Å². The summed E-state index contributed by atoms with van der Waals surface area (Å²) < 4.78 is 6.38. The summed E-state index contributed by atoms with van der Waals surface area (Å²) in [6.07, 6.45) is 1.75. The molecule has 190 valence electrons. The summed E-state index contributed by atoms with van der Waals surface area (Å²) in [5, 5.41) is 2.13. The van der Waals surface area contributed by atoms with Gasteiger partial charge in [-0.2, -0.15) is 0 Å². The van der Waals surface area contributed by atoms with E-state index in [0.29, 0.717) is 23.2 Å². The zero-order chi connectivity index (χ0) is 26.8. The Morgan fingerprint density at radius 1 is 0.550 bits per heavy atom. The summed E-state index contributed by atoms with van der Waals surface area (Å²) in [4.78, 5) is 19.0. The maximum Gasteiger partial charge on any atom is 0.182 e. The molecule has 0 amide bonds. The van der Waals surface area contributed by atoms with Gasteiger partial charge in [0.1, 0.15) is 16.9 Å². The van der Waals surface area contributed by atoms with Crippen molar-refractivity contribution >= 4 is 21.9 Å². The SMILES string of the molecule is CC1(C)c2ccccc2-c2cc3c(cc21)oc1ccc(-c2nc(-c4ccccc4)nc(-c4ccccn4)n2)cc13. The molecule has 0 unspecified atom stereocenters. The number of hydrogen-bond acceptors (Lipinski definition) is 5. The lowest BCUT2D eigenvalue weighted by Gasteiger charge is -2.21. The van der Waals surface area contributed by atoms with Gasteiger partial charge in [0.05, 0.1) is 0 Å². The fourth-order valence-corrected chi connectivity index (χ4v) is 5.94. The fourth-order valence-electron chi connectivity index (χ4n) is 5.94. The van der Waals surface area contributed by atoms with Crippen molar-refractivity contribution in [1.82, 2.24) is 19.9 Å². The van der Waals surface area contributed by atoms with E-state index in [1.807, 2.05) is 60.7 Å². The van der Waals surface area contributed by atoms with Gasteiger partial charge in [-0.25, -0.2) is 15.0 Å². The second-order valence-electron chi connectivity index (χ2n) is 10.8. The molecule has 1 aliphatic rings. The third-order valence-electron chi connectivity index (χ3n) is 7.99. The Hall–Kier alpha value is -5.16. The second-order valence-corrected chi connectivity index (χ2v) is 10.8. The lowest BCUT2D eigenvalue weighted by molar-refractivity contribution is 0.647. The summed E-state index contributed by atoms with van der Waals surface area (Å²) in [7, 11) is 0. The first-order valence-corrected chi connectivity index (χ1v) is 13.4. The maximum absolute atomic E-state index is 6.38. The van der Waals surface area contributed by atoms with Crippen LogP contribution in [0, 0.1) is 0 Å². The highest BCUT2D eigenvalue weighted by Crippen LogP contribution is 2.50. The van der Waals surface area contributed by atoms with E-state index in [2.05, 4.69) is 61.3 Å². The van der Waals surface area contributed by atoms with Crippen LogP contribution in [0.25, 0.3) is 67.4 Å². The number of fused-ring (bicyclic) bond motifs is 6. The Morgan fingerprint density at radius 3 is 2.10 bits per heavy atom. The molecule has 4 aromatic carbocycles. The molecular formula is C35H24N4O. The van der Waals surface area contributed by atoms with E-state index in [9.17, 15) is 0 Å². The van der Waals surface area contributed by atoms with Crippen LogP contribution in [0.1, 0.15) is 25.0 Å². The van der Waals surface area contributed by atoms with Gasteiger partial charge in [0.15, 0.2) is 17.5 Å². The Balaban J connectivity index is 1.33. The third-order valence-corrected chi connectivity index (χ3v) is 7.99. The lowest BCUT2D eigenvalue weighted by atomic mass is 9.82. The molecule has 1 aliphatic carbocycles. The van der Waals surface area contributed by atoms with Crippen molar-refractivity contribution in [3.63, 3.8) is 0 Å². The van der Waals surface area contributed by atoms with Gasteiger partial charge in [0, 0.05) is 33.5 Å². The minimum absolute atomic E-state index is 0.0785. The minimum Gasteiger partial charge on any atom is -0.456 e. The van der Waals surface area contributed by atoms with Gasteiger partial charge in [0.25, 0.3) is 0 Å². The highest BCUT2D eigenvalue weighted by molar-refractivity contribution is 6.08. The van der Waals surface area contributed by atoms with Gasteiger partial charge in [-0.1, -0.05) is 74.5 Å². The summed E-state index contributed by atoms with van der Waals surface area (Å²) in [6, 6.07) is 35.1. The monoisotopic (exact) mass is 516 g/mol. The van der Waals surface area contributed by atoms with Crippen LogP contribution in [0.4, 0.5) is 0 Å². The predicted octanol–water partition coefficient (Wildman–Crippen LogP) is 8.47. The number of hydrogen-bond donors (Lipinski definition) is 0. The fraction of sp³-hybridized carbons (Fsp3) is 0.0857. The highest BCUT2D eigenvalue weighted by Gasteiger charge is 2.36. The zero-order valence-corrected chi connectivity index (χ0v) is 22.1. The van der Waals surface area contributed by atoms with Crippen molar-refractivity contribution in [2.45, 2.75) is 19.3 Å². The molecule has 5 nitrogen and oxygen atoms in total. The molecule has 8 rings (SSSR count). The summed E-state index contributed by atoms with van der Waals surface area (Å²) in [5.74, 6) is 1.75. The smallest absolute Gasteiger partial charge is 0.182 e. The first-order valence-electron chi connectivity index (χ1n) is 13.4. The van der Waals surface area contributed by atoms with Crippen LogP contribution in [0.2, 0.25) is 0 Å². The molecule has 0 spiro atoms. The molecule has 0 bridgehead atoms. The van der Waals surface area contributed by atoms with Crippen LogP contribution in [0.15, 0.2) is 114 Å². The quantitative estimate of drug-likeness (QED) is 0.236. The molecule has 0 saturated carbocycles. The molecule has 3 aromatic heterocycles. The number of benzene rings is 4. The second kappa shape index (κ2) is 8.42. The molecule has 0 atom stereocenters. The van der Waals surface area contributed by atoms with Gasteiger partial charge in [0.2, 0.25) is 0 Å². The standard InChI is InChI=1S/C35H24N4O/c1-35(2)27-13-7-6-12-23(27)24-19-26-25-18-22(15-16-30(25)40-31(26)20-28(24)35)33-37-32(21-10-4-3-5-11-21)38-34(39-33)29-14-8-9-17-36-29/h3-20H,1-2H3. The van der Waals surface area contributed by atoms with Gasteiger partial charge in [-0.15, -0.1) is 0 Å². The van der Waals surface area contributed by atoms with Crippen LogP contribution < -0.4 is 0 Å². The molecule has 7 aromatic rings. The van der Waals surface area contributed by atoms with Crippen LogP contribution in [0.3, 0.4) is 0 Å². The van der Waals surface area contributed by atoms with Gasteiger partial charge in [-0.05, 0) is 64.7 Å². The molecule has 0 aliphatic heterocycles. The van der Waals surface area contributed by atoms with Crippen LogP contribution >= 0.6 is 0 Å². The van der Waals surface area contributed by atoms with E-state index in [4.69, 9.17) is 19.4 Å². The van der Waals surface area contributed by atoms with Crippen molar-refractivity contribution in [2.75, 3.05) is 0 Å². The lowest BCUT2D eigenvalue weighted by Crippen LogP contribution is -2.14. The van der Waals surface area contributed by atoms with E-state index in [0.717, 1.165) is 33.1 Å². The number of rotatable bonds is 3. The van der Waals surface area contributed by atoms with Crippen molar-refractivity contribution in [3.05, 3.63) is 120 Å². The molecule has 5 heteroatoms. The van der Waals surface area contributed by atoms with Gasteiger partial charge < -0.3 is 4.42 Å². The normalized spacial score (nSPS) is 13.4. The minimum atomic E-state index is -0.0785. The first-order chi connectivity index (χ1) is 19.6. The molecule has 0 fully saturated rings. The number of nitrogens with zero attached hydrogens (tertiary/aromatic N) is 4. The first kappa shape index (κ1) is 22.8. The van der Waals surface area contributed by atoms with Crippen LogP contribution in [-0.4, -0.2) is 19.9 Å². The van der Waals surface area contributed by atoms with Crippen molar-refractivity contribution in [3.8, 4) is 45.4 Å². The average molecular weight is 517 g/mol. The summed E-state index contributed by atoms with van der Waals surface area (Å²) in [5.41, 5.74) is 9.39. The third kappa shape index (κ3) is 3.41. The van der Waals surface area contributed by atoms with E-state index in [1.54, 1.807) is 6.20 Å². The number of furan rings is 1. The molecule has 0 radical (unpaired) electrons. The van der Waals surface area contributed by atoms with Crippen molar-refractivity contribution < 1.29 is 4.42 Å². The molecule has 0 N–H and O–H groups in total. The molecular weight excluding hydrogens is 492 g/mol. The Morgan fingerprint density at radius 2 is 1.27 bits per heavy atom. The molecule has 40 heavy (non-hydrogen) atoms. The summed E-state index contributed by atoms with van der Waals surface area (Å²) >= 11 is 0. The number of aromatic nitrogens is 4. The maximum atomic E-state index is 6.38. The van der Waals surface area contributed by atoms with Crippen molar-refractivity contribution in [2.24, 2.45) is 0 Å². The number of pyridine rings is 1. The van der Waals surface area contributed by atoms with E-state index < -0.39 is 0 Å². The summed E-state index contributed by atoms with van der Waals surface area (Å²) in [6.45, 7) is 4.57. The molecule has 3 heterocycles. The van der Waals surface area contributed by atoms with Crippen LogP contribution in [-0.2, 0) is 5.41 Å². The highest BCUT2D eigenvalue weighted by atomic mass is 16.3. The van der Waals surface area contributed by atoms with Gasteiger partial charge >= 0.3 is 0 Å². The van der Waals surface area contributed by atoms with E-state index in [-0.39, 0.29) is 5.41 Å². The van der Waals surface area contributed by atoms with Crippen molar-refractivity contribution in [1.29, 1.82) is 0 Å². The average Bonchev–Trinajstić information content (AvgIpc) is 3.48. The Kier molecular flexibility index (Phi) is 4.80. The van der Waals surface area contributed by atoms with E-state index >= 15 is 0 Å².